The van der Waals surface area contributed by atoms with E-state index in [2.05, 4.69) is 48.7 Å². The monoisotopic (exact) mass is 263 g/mol. The summed E-state index contributed by atoms with van der Waals surface area (Å²) in [6.45, 7) is 7.46. The molecule has 0 amide bonds. The lowest BCUT2D eigenvalue weighted by molar-refractivity contribution is 0.600. The molecule has 0 aliphatic heterocycles. The number of thiophene rings is 1. The van der Waals surface area contributed by atoms with Gasteiger partial charge in [0.05, 0.1) is 11.7 Å². The van der Waals surface area contributed by atoms with Crippen LogP contribution in [0.25, 0.3) is 0 Å². The minimum atomic E-state index is 0.277. The molecule has 0 saturated heterocycles. The van der Waals surface area contributed by atoms with Crippen molar-refractivity contribution in [3.05, 3.63) is 39.3 Å². The van der Waals surface area contributed by atoms with E-state index in [4.69, 9.17) is 0 Å². The predicted molar refractivity (Wildman–Crippen MR) is 77.1 cm³/mol. The van der Waals surface area contributed by atoms with E-state index in [1.807, 2.05) is 11.7 Å². The Morgan fingerprint density at radius 1 is 1.44 bits per heavy atom. The standard InChI is InChI=1S/C14H21N3S/c1-5-8-15-14(12-7-6-9-18-12)13-10(2)16-17(4)11(13)3/h6-7,9,14-15H,5,8H2,1-4H3. The van der Waals surface area contributed by atoms with Gasteiger partial charge in [0.1, 0.15) is 0 Å². The molecule has 2 aromatic rings. The molecule has 98 valence electrons. The van der Waals surface area contributed by atoms with Crippen LogP contribution in [0.5, 0.6) is 0 Å². The van der Waals surface area contributed by atoms with E-state index in [9.17, 15) is 0 Å². The molecule has 1 atom stereocenters. The zero-order chi connectivity index (χ0) is 13.1. The molecule has 0 radical (unpaired) electrons. The van der Waals surface area contributed by atoms with Gasteiger partial charge in [-0.15, -0.1) is 11.3 Å². The van der Waals surface area contributed by atoms with Gasteiger partial charge in [0.15, 0.2) is 0 Å². The van der Waals surface area contributed by atoms with Crippen molar-refractivity contribution in [1.82, 2.24) is 15.1 Å². The van der Waals surface area contributed by atoms with Crippen LogP contribution in [-0.4, -0.2) is 16.3 Å². The van der Waals surface area contributed by atoms with Crippen molar-refractivity contribution in [3.63, 3.8) is 0 Å². The third kappa shape index (κ3) is 2.49. The molecule has 3 nitrogen and oxygen atoms in total. The third-order valence-electron chi connectivity index (χ3n) is 3.28. The Labute approximate surface area is 113 Å². The van der Waals surface area contributed by atoms with Gasteiger partial charge in [0.25, 0.3) is 0 Å². The molecule has 2 heterocycles. The first-order valence-electron chi connectivity index (χ1n) is 6.42. The zero-order valence-electron chi connectivity index (χ0n) is 11.5. The Kier molecular flexibility index (Phi) is 4.19. The van der Waals surface area contributed by atoms with Crippen molar-refractivity contribution in [3.8, 4) is 0 Å². The van der Waals surface area contributed by atoms with E-state index in [-0.39, 0.29) is 6.04 Å². The molecule has 0 saturated carbocycles. The van der Waals surface area contributed by atoms with Crippen LogP contribution >= 0.6 is 11.3 Å². The lowest BCUT2D eigenvalue weighted by Gasteiger charge is -2.18. The summed E-state index contributed by atoms with van der Waals surface area (Å²) in [5.74, 6) is 0. The fraction of sp³-hybridized carbons (Fsp3) is 0.500. The van der Waals surface area contributed by atoms with Gasteiger partial charge in [-0.2, -0.15) is 5.10 Å². The summed E-state index contributed by atoms with van der Waals surface area (Å²) >= 11 is 1.80. The van der Waals surface area contributed by atoms with Crippen LogP contribution in [0.3, 0.4) is 0 Å². The van der Waals surface area contributed by atoms with Gasteiger partial charge in [-0.3, -0.25) is 4.68 Å². The molecule has 0 aromatic carbocycles. The fourth-order valence-electron chi connectivity index (χ4n) is 2.30. The molecule has 4 heteroatoms. The Balaban J connectivity index is 2.40. The Morgan fingerprint density at radius 2 is 2.22 bits per heavy atom. The highest BCUT2D eigenvalue weighted by atomic mass is 32.1. The van der Waals surface area contributed by atoms with E-state index < -0.39 is 0 Å². The first kappa shape index (κ1) is 13.3. The third-order valence-corrected chi connectivity index (χ3v) is 4.22. The molecule has 0 fully saturated rings. The van der Waals surface area contributed by atoms with Crippen LogP contribution in [0.15, 0.2) is 17.5 Å². The highest BCUT2D eigenvalue weighted by Crippen LogP contribution is 2.30. The van der Waals surface area contributed by atoms with Gasteiger partial charge in [0, 0.05) is 23.2 Å². The van der Waals surface area contributed by atoms with Crippen molar-refractivity contribution < 1.29 is 0 Å². The van der Waals surface area contributed by atoms with Gasteiger partial charge < -0.3 is 5.32 Å². The minimum absolute atomic E-state index is 0.277. The van der Waals surface area contributed by atoms with Crippen LogP contribution in [-0.2, 0) is 7.05 Å². The number of nitrogens with one attached hydrogen (secondary N) is 1. The Morgan fingerprint density at radius 3 is 2.72 bits per heavy atom. The predicted octanol–water partition coefficient (Wildman–Crippen LogP) is 3.19. The maximum absolute atomic E-state index is 4.53. The first-order valence-corrected chi connectivity index (χ1v) is 7.30. The summed E-state index contributed by atoms with van der Waals surface area (Å²) in [6, 6.07) is 4.59. The van der Waals surface area contributed by atoms with Gasteiger partial charge in [-0.1, -0.05) is 13.0 Å². The lowest BCUT2D eigenvalue weighted by Crippen LogP contribution is -2.23. The molecule has 0 bridgehead atoms. The number of hydrogen-bond acceptors (Lipinski definition) is 3. The van der Waals surface area contributed by atoms with Gasteiger partial charge in [-0.25, -0.2) is 0 Å². The van der Waals surface area contributed by atoms with Crippen molar-refractivity contribution in [2.24, 2.45) is 7.05 Å². The van der Waals surface area contributed by atoms with E-state index in [1.54, 1.807) is 11.3 Å². The molecule has 2 aromatic heterocycles. The average molecular weight is 263 g/mol. The summed E-state index contributed by atoms with van der Waals surface area (Å²) in [7, 11) is 2.01. The highest BCUT2D eigenvalue weighted by molar-refractivity contribution is 7.10. The van der Waals surface area contributed by atoms with E-state index >= 15 is 0 Å². The van der Waals surface area contributed by atoms with Crippen molar-refractivity contribution in [2.75, 3.05) is 6.54 Å². The summed E-state index contributed by atoms with van der Waals surface area (Å²) in [6.07, 6.45) is 1.14. The van der Waals surface area contributed by atoms with Crippen LogP contribution in [0.1, 0.15) is 41.2 Å². The van der Waals surface area contributed by atoms with E-state index in [1.165, 1.54) is 16.1 Å². The van der Waals surface area contributed by atoms with Gasteiger partial charge >= 0.3 is 0 Å². The Bertz CT molecular complexity index is 499. The van der Waals surface area contributed by atoms with Crippen LogP contribution in [0.4, 0.5) is 0 Å². The van der Waals surface area contributed by atoms with Gasteiger partial charge in [0.2, 0.25) is 0 Å². The maximum Gasteiger partial charge on any atom is 0.0707 e. The van der Waals surface area contributed by atoms with Crippen LogP contribution in [0.2, 0.25) is 0 Å². The molecule has 1 N–H and O–H groups in total. The highest BCUT2D eigenvalue weighted by Gasteiger charge is 2.21. The lowest BCUT2D eigenvalue weighted by atomic mass is 10.0. The Hall–Kier alpha value is -1.13. The average Bonchev–Trinajstić information content (AvgIpc) is 2.93. The normalized spacial score (nSPS) is 12.9. The molecule has 1 unspecified atom stereocenters. The second kappa shape index (κ2) is 5.67. The quantitative estimate of drug-likeness (QED) is 0.898. The zero-order valence-corrected chi connectivity index (χ0v) is 12.3. The second-order valence-electron chi connectivity index (χ2n) is 4.61. The summed E-state index contributed by atoms with van der Waals surface area (Å²) in [4.78, 5) is 1.36. The van der Waals surface area contributed by atoms with E-state index in [0.29, 0.717) is 0 Å². The molecule has 0 aliphatic carbocycles. The van der Waals surface area contributed by atoms with Crippen LogP contribution < -0.4 is 5.32 Å². The smallest absolute Gasteiger partial charge is 0.0707 e. The molecule has 0 spiro atoms. The number of aromatic nitrogens is 2. The van der Waals surface area contributed by atoms with Crippen molar-refractivity contribution >= 4 is 11.3 Å². The number of rotatable bonds is 5. The molecule has 2 rings (SSSR count). The molecule has 18 heavy (non-hydrogen) atoms. The topological polar surface area (TPSA) is 29.9 Å². The molecular weight excluding hydrogens is 242 g/mol. The fourth-order valence-corrected chi connectivity index (χ4v) is 3.11. The number of aryl methyl sites for hydroxylation is 2. The number of hydrogen-bond donors (Lipinski definition) is 1. The van der Waals surface area contributed by atoms with Gasteiger partial charge in [-0.05, 0) is 38.3 Å². The summed E-state index contributed by atoms with van der Waals surface area (Å²) < 4.78 is 1.97. The van der Waals surface area contributed by atoms with E-state index in [0.717, 1.165) is 18.7 Å². The summed E-state index contributed by atoms with van der Waals surface area (Å²) in [5.41, 5.74) is 3.69. The second-order valence-corrected chi connectivity index (χ2v) is 5.59. The van der Waals surface area contributed by atoms with Crippen LogP contribution in [0, 0.1) is 13.8 Å². The van der Waals surface area contributed by atoms with Crippen molar-refractivity contribution in [2.45, 2.75) is 33.2 Å². The number of nitrogens with zero attached hydrogens (tertiary/aromatic N) is 2. The SMILES string of the molecule is CCCNC(c1cccs1)c1c(C)nn(C)c1C. The maximum atomic E-state index is 4.53. The largest absolute Gasteiger partial charge is 0.305 e. The molecular formula is C14H21N3S. The molecule has 0 aliphatic rings. The minimum Gasteiger partial charge on any atom is -0.305 e. The first-order chi connectivity index (χ1) is 8.65. The van der Waals surface area contributed by atoms with Crippen molar-refractivity contribution in [1.29, 1.82) is 0 Å². The summed E-state index contributed by atoms with van der Waals surface area (Å²) in [5, 5.41) is 10.3.